The van der Waals surface area contributed by atoms with Gasteiger partial charge in [0.05, 0.1) is 20.0 Å². The number of aliphatic hydroxyl groups is 1. The molecular weight excluding hydrogens is 356 g/mol. The Kier molecular flexibility index (Phi) is 8.28. The van der Waals surface area contributed by atoms with Crippen LogP contribution in [-0.2, 0) is 5.72 Å². The van der Waals surface area contributed by atoms with Crippen molar-refractivity contribution in [1.82, 2.24) is 4.90 Å². The number of benzene rings is 1. The molecule has 5 nitrogen and oxygen atoms in total. The summed E-state index contributed by atoms with van der Waals surface area (Å²) in [6, 6.07) is 5.39. The van der Waals surface area contributed by atoms with Crippen molar-refractivity contribution in [2.45, 2.75) is 19.6 Å². The van der Waals surface area contributed by atoms with Crippen LogP contribution in [0.4, 0.5) is 0 Å². The zero-order valence-corrected chi connectivity index (χ0v) is 16.7. The fourth-order valence-electron chi connectivity index (χ4n) is 2.29. The molecular formula is C18H26N2O3S2. The predicted molar refractivity (Wildman–Crippen MR) is 109 cm³/mol. The molecule has 138 valence electrons. The van der Waals surface area contributed by atoms with Gasteiger partial charge < -0.3 is 25.2 Å². The molecule has 25 heavy (non-hydrogen) atoms. The lowest BCUT2D eigenvalue weighted by Crippen LogP contribution is -2.45. The Morgan fingerprint density at radius 3 is 2.60 bits per heavy atom. The highest BCUT2D eigenvalue weighted by atomic mass is 32.2. The molecule has 1 aliphatic heterocycles. The molecule has 1 aromatic carbocycles. The Morgan fingerprint density at radius 1 is 1.48 bits per heavy atom. The summed E-state index contributed by atoms with van der Waals surface area (Å²) in [6.45, 7) is 8.21. The molecule has 1 aromatic rings. The Labute approximate surface area is 159 Å². The summed E-state index contributed by atoms with van der Waals surface area (Å²) in [6.07, 6.45) is 3.28. The van der Waals surface area contributed by atoms with Crippen LogP contribution in [0.15, 0.2) is 42.6 Å². The second-order valence-corrected chi connectivity index (χ2v) is 7.12. The maximum absolute atomic E-state index is 11.2. The van der Waals surface area contributed by atoms with E-state index in [2.05, 4.69) is 6.58 Å². The fraction of sp³-hybridized carbons (Fsp3) is 0.389. The van der Waals surface area contributed by atoms with E-state index < -0.39 is 5.72 Å². The highest BCUT2D eigenvalue weighted by Crippen LogP contribution is 2.43. The number of nitrogens with zero attached hydrogens (tertiary/aromatic N) is 1. The quantitative estimate of drug-likeness (QED) is 0.598. The predicted octanol–water partition coefficient (Wildman–Crippen LogP) is 3.24. The molecule has 1 unspecified atom stereocenters. The van der Waals surface area contributed by atoms with E-state index in [1.807, 2.05) is 19.9 Å². The number of ether oxygens (including phenoxy) is 2. The van der Waals surface area contributed by atoms with Crippen LogP contribution < -0.4 is 15.2 Å². The summed E-state index contributed by atoms with van der Waals surface area (Å²) in [7, 11) is 3.17. The second kappa shape index (κ2) is 9.70. The first-order valence-corrected chi connectivity index (χ1v) is 9.10. The number of thiocarbonyl (C=S) groups is 1. The number of hydrogen-bond donors (Lipinski definition) is 2. The second-order valence-electron chi connectivity index (χ2n) is 5.51. The summed E-state index contributed by atoms with van der Waals surface area (Å²) >= 11 is 6.82. The van der Waals surface area contributed by atoms with Crippen LogP contribution in [-0.4, -0.2) is 40.8 Å². The van der Waals surface area contributed by atoms with Crippen molar-refractivity contribution in [3.63, 3.8) is 0 Å². The average molecular weight is 383 g/mol. The number of allylic oxidation sites excluding steroid dienone is 1. The van der Waals surface area contributed by atoms with Crippen LogP contribution in [0.2, 0.25) is 0 Å². The highest BCUT2D eigenvalue weighted by Gasteiger charge is 2.45. The van der Waals surface area contributed by atoms with E-state index >= 15 is 0 Å². The molecule has 1 fully saturated rings. The van der Waals surface area contributed by atoms with Crippen molar-refractivity contribution in [1.29, 1.82) is 0 Å². The summed E-state index contributed by atoms with van der Waals surface area (Å²) in [5.41, 5.74) is 5.27. The lowest BCUT2D eigenvalue weighted by atomic mass is 10.0. The first-order valence-electron chi connectivity index (χ1n) is 7.70. The van der Waals surface area contributed by atoms with Gasteiger partial charge in [-0.05, 0) is 32.2 Å². The molecule has 0 amide bonds. The number of thioether (sulfide) groups is 1. The normalized spacial score (nSPS) is 19.6. The zero-order valence-electron chi connectivity index (χ0n) is 15.1. The Balaban J connectivity index is 0.000000705. The molecule has 1 heterocycles. The maximum atomic E-state index is 11.2. The summed E-state index contributed by atoms with van der Waals surface area (Å²) in [5.74, 6) is 1.72. The first kappa shape index (κ1) is 21.3. The molecule has 3 N–H and O–H groups in total. The zero-order chi connectivity index (χ0) is 19.0. The molecule has 0 spiro atoms. The smallest absolute Gasteiger partial charge is 0.179 e. The Bertz CT molecular complexity index is 645. The molecule has 1 saturated heterocycles. The molecule has 1 aliphatic rings. The van der Waals surface area contributed by atoms with Gasteiger partial charge in [0.15, 0.2) is 5.72 Å². The van der Waals surface area contributed by atoms with Crippen LogP contribution in [0, 0.1) is 0 Å². The van der Waals surface area contributed by atoms with Crippen molar-refractivity contribution in [3.8, 4) is 11.5 Å². The first-order chi connectivity index (χ1) is 11.8. The van der Waals surface area contributed by atoms with Gasteiger partial charge in [-0.3, -0.25) is 0 Å². The minimum absolute atomic E-state index is 0.460. The Hall–Kier alpha value is -1.70. The monoisotopic (exact) mass is 382 g/mol. The SMILES string of the molecule is C/C=C\N.C=C(C)CN1C(=S)SCC1(O)c1ccc(OC)cc1OC. The van der Waals surface area contributed by atoms with E-state index in [1.165, 1.54) is 18.0 Å². The third-order valence-electron chi connectivity index (χ3n) is 3.52. The van der Waals surface area contributed by atoms with Gasteiger partial charge in [0.25, 0.3) is 0 Å². The summed E-state index contributed by atoms with van der Waals surface area (Å²) in [4.78, 5) is 1.79. The number of hydrogen-bond acceptors (Lipinski definition) is 6. The fourth-order valence-corrected chi connectivity index (χ4v) is 3.69. The van der Waals surface area contributed by atoms with Gasteiger partial charge in [-0.15, -0.1) is 0 Å². The van der Waals surface area contributed by atoms with Crippen molar-refractivity contribution in [2.75, 3.05) is 26.5 Å². The van der Waals surface area contributed by atoms with Gasteiger partial charge in [0, 0.05) is 18.2 Å². The highest BCUT2D eigenvalue weighted by molar-refractivity contribution is 8.23. The van der Waals surface area contributed by atoms with Crippen LogP contribution in [0.3, 0.4) is 0 Å². The molecule has 2 rings (SSSR count). The van der Waals surface area contributed by atoms with Gasteiger partial charge in [-0.2, -0.15) is 0 Å². The van der Waals surface area contributed by atoms with Crippen molar-refractivity contribution < 1.29 is 14.6 Å². The molecule has 0 aliphatic carbocycles. The van der Waals surface area contributed by atoms with E-state index in [-0.39, 0.29) is 0 Å². The van der Waals surface area contributed by atoms with Crippen molar-refractivity contribution in [3.05, 3.63) is 48.2 Å². The van der Waals surface area contributed by atoms with E-state index in [0.29, 0.717) is 33.7 Å². The minimum atomic E-state index is -1.20. The summed E-state index contributed by atoms with van der Waals surface area (Å²) in [5, 5.41) is 11.2. The lowest BCUT2D eigenvalue weighted by molar-refractivity contribution is -0.0438. The molecule has 7 heteroatoms. The van der Waals surface area contributed by atoms with E-state index in [1.54, 1.807) is 37.3 Å². The third-order valence-corrected chi connectivity index (χ3v) is 5.11. The topological polar surface area (TPSA) is 68.0 Å². The van der Waals surface area contributed by atoms with E-state index in [0.717, 1.165) is 5.57 Å². The number of rotatable bonds is 5. The van der Waals surface area contributed by atoms with Crippen molar-refractivity contribution in [2.24, 2.45) is 5.73 Å². The maximum Gasteiger partial charge on any atom is 0.179 e. The van der Waals surface area contributed by atoms with E-state index in [4.69, 9.17) is 27.4 Å². The van der Waals surface area contributed by atoms with Crippen molar-refractivity contribution >= 4 is 28.3 Å². The minimum Gasteiger partial charge on any atom is -0.497 e. The van der Waals surface area contributed by atoms with Gasteiger partial charge in [0.2, 0.25) is 0 Å². The van der Waals surface area contributed by atoms with Crippen LogP contribution in [0.5, 0.6) is 11.5 Å². The third kappa shape index (κ3) is 5.14. The van der Waals surface area contributed by atoms with Gasteiger partial charge >= 0.3 is 0 Å². The summed E-state index contributed by atoms with van der Waals surface area (Å²) < 4.78 is 11.3. The molecule has 0 bridgehead atoms. The van der Waals surface area contributed by atoms with Gasteiger partial charge in [0.1, 0.15) is 15.8 Å². The van der Waals surface area contributed by atoms with Crippen LogP contribution >= 0.6 is 24.0 Å². The number of nitrogens with two attached hydrogens (primary N) is 1. The molecule has 0 aromatic heterocycles. The average Bonchev–Trinajstić information content (AvgIpc) is 2.90. The molecule has 0 radical (unpaired) electrons. The standard InChI is InChI=1S/C15H19NO3S2.C3H7N/c1-10(2)8-16-14(20)21-9-15(16,17)12-6-5-11(18-3)7-13(12)19-4;1-2-3-4/h5-7,17H,1,8-9H2,2-4H3;2-3H,4H2,1H3/b;3-2-. The van der Waals surface area contributed by atoms with Crippen LogP contribution in [0.1, 0.15) is 19.4 Å². The van der Waals surface area contributed by atoms with Gasteiger partial charge in [-0.1, -0.05) is 42.2 Å². The Morgan fingerprint density at radius 2 is 2.12 bits per heavy atom. The largest absolute Gasteiger partial charge is 0.497 e. The molecule has 1 atom stereocenters. The van der Waals surface area contributed by atoms with E-state index in [9.17, 15) is 5.11 Å². The number of methoxy groups -OCH3 is 2. The van der Waals surface area contributed by atoms with Crippen LogP contribution in [0.25, 0.3) is 0 Å². The lowest BCUT2D eigenvalue weighted by Gasteiger charge is -2.35. The molecule has 0 saturated carbocycles. The van der Waals surface area contributed by atoms with Gasteiger partial charge in [-0.25, -0.2) is 0 Å².